The summed E-state index contributed by atoms with van der Waals surface area (Å²) in [6.07, 6.45) is 3.26. The van der Waals surface area contributed by atoms with E-state index < -0.39 is 20.5 Å². The summed E-state index contributed by atoms with van der Waals surface area (Å²) in [5, 5.41) is 2.71. The first-order valence-corrected chi connectivity index (χ1v) is 8.21. The molecule has 1 amide bonds. The van der Waals surface area contributed by atoms with E-state index in [0.29, 0.717) is 12.1 Å². The second-order valence-electron chi connectivity index (χ2n) is 4.76. The van der Waals surface area contributed by atoms with Gasteiger partial charge < -0.3 is 5.32 Å². The van der Waals surface area contributed by atoms with E-state index in [2.05, 4.69) is 10.3 Å². The number of benzene rings is 1. The van der Waals surface area contributed by atoms with Gasteiger partial charge in [-0.3, -0.25) is 9.78 Å². The first kappa shape index (κ1) is 17.0. The molecule has 0 radical (unpaired) electrons. The van der Waals surface area contributed by atoms with E-state index in [1.165, 1.54) is 12.1 Å². The van der Waals surface area contributed by atoms with Gasteiger partial charge in [0.15, 0.2) is 0 Å². The number of alkyl halides is 2. The molecule has 8 heteroatoms. The standard InChI is InChI=1S/C15H14F2N2O3S/c16-15(17)23(21,22)13-3-1-11(2-4-13)9-14(20)19-10-12-5-7-18-8-6-12/h1-8,15H,9-10H2,(H,19,20). The van der Waals surface area contributed by atoms with Crippen LogP contribution in [0, 0.1) is 0 Å². The van der Waals surface area contributed by atoms with Crippen LogP contribution in [-0.2, 0) is 27.6 Å². The number of hydrogen-bond acceptors (Lipinski definition) is 4. The van der Waals surface area contributed by atoms with E-state index >= 15 is 0 Å². The van der Waals surface area contributed by atoms with E-state index in [-0.39, 0.29) is 12.3 Å². The number of carbonyl (C=O) groups is 1. The highest BCUT2D eigenvalue weighted by atomic mass is 32.2. The number of aromatic nitrogens is 1. The van der Waals surface area contributed by atoms with Crippen molar-refractivity contribution in [1.82, 2.24) is 10.3 Å². The summed E-state index contributed by atoms with van der Waals surface area (Å²) in [5.41, 5.74) is 1.43. The minimum absolute atomic E-state index is 0.0279. The zero-order chi connectivity index (χ0) is 16.9. The van der Waals surface area contributed by atoms with Crippen molar-refractivity contribution < 1.29 is 22.0 Å². The maximum atomic E-state index is 12.4. The minimum atomic E-state index is -4.61. The van der Waals surface area contributed by atoms with Crippen LogP contribution in [0.15, 0.2) is 53.7 Å². The van der Waals surface area contributed by atoms with Crippen LogP contribution in [0.4, 0.5) is 8.78 Å². The molecule has 0 atom stereocenters. The summed E-state index contributed by atoms with van der Waals surface area (Å²) in [6, 6.07) is 8.39. The van der Waals surface area contributed by atoms with Gasteiger partial charge in [0.1, 0.15) is 0 Å². The van der Waals surface area contributed by atoms with E-state index in [1.807, 2.05) is 0 Å². The molecule has 0 unspecified atom stereocenters. The lowest BCUT2D eigenvalue weighted by atomic mass is 10.1. The van der Waals surface area contributed by atoms with Crippen molar-refractivity contribution in [3.63, 3.8) is 0 Å². The topological polar surface area (TPSA) is 76.1 Å². The van der Waals surface area contributed by atoms with Gasteiger partial charge in [-0.25, -0.2) is 8.42 Å². The van der Waals surface area contributed by atoms with Gasteiger partial charge >= 0.3 is 5.76 Å². The maximum absolute atomic E-state index is 12.4. The van der Waals surface area contributed by atoms with E-state index in [0.717, 1.165) is 17.7 Å². The highest BCUT2D eigenvalue weighted by Gasteiger charge is 2.26. The lowest BCUT2D eigenvalue weighted by molar-refractivity contribution is -0.120. The van der Waals surface area contributed by atoms with Gasteiger partial charge in [0, 0.05) is 18.9 Å². The molecule has 0 fully saturated rings. The van der Waals surface area contributed by atoms with Crippen molar-refractivity contribution in [1.29, 1.82) is 0 Å². The number of nitrogens with zero attached hydrogens (tertiary/aromatic N) is 1. The highest BCUT2D eigenvalue weighted by Crippen LogP contribution is 2.18. The van der Waals surface area contributed by atoms with Gasteiger partial charge in [-0.2, -0.15) is 8.78 Å². The van der Waals surface area contributed by atoms with Crippen LogP contribution in [0.2, 0.25) is 0 Å². The molecule has 5 nitrogen and oxygen atoms in total. The van der Waals surface area contributed by atoms with Crippen LogP contribution < -0.4 is 5.32 Å². The summed E-state index contributed by atoms with van der Waals surface area (Å²) < 4.78 is 47.4. The smallest absolute Gasteiger partial charge is 0.341 e. The van der Waals surface area contributed by atoms with Crippen molar-refractivity contribution in [2.75, 3.05) is 0 Å². The lowest BCUT2D eigenvalue weighted by Crippen LogP contribution is -2.24. The molecule has 2 rings (SSSR count). The molecule has 0 saturated heterocycles. The van der Waals surface area contributed by atoms with Crippen molar-refractivity contribution in [3.05, 3.63) is 59.9 Å². The third-order valence-electron chi connectivity index (χ3n) is 3.09. The fourth-order valence-corrected chi connectivity index (χ4v) is 2.57. The Morgan fingerprint density at radius 2 is 1.65 bits per heavy atom. The van der Waals surface area contributed by atoms with Gasteiger partial charge in [-0.1, -0.05) is 12.1 Å². The second-order valence-corrected chi connectivity index (χ2v) is 6.68. The Morgan fingerprint density at radius 1 is 1.04 bits per heavy atom. The van der Waals surface area contributed by atoms with Gasteiger partial charge in [0.25, 0.3) is 0 Å². The number of pyridine rings is 1. The molecule has 0 aliphatic carbocycles. The van der Waals surface area contributed by atoms with Crippen molar-refractivity contribution in [2.24, 2.45) is 0 Å². The van der Waals surface area contributed by atoms with Crippen LogP contribution in [0.1, 0.15) is 11.1 Å². The maximum Gasteiger partial charge on any atom is 0.341 e. The molecule has 0 aliphatic heterocycles. The molecular formula is C15H14F2N2O3S. The van der Waals surface area contributed by atoms with Crippen LogP contribution in [0.25, 0.3) is 0 Å². The van der Waals surface area contributed by atoms with Crippen LogP contribution >= 0.6 is 0 Å². The molecule has 0 spiro atoms. The van der Waals surface area contributed by atoms with Gasteiger partial charge in [-0.15, -0.1) is 0 Å². The summed E-state index contributed by atoms with van der Waals surface area (Å²) >= 11 is 0. The fourth-order valence-electron chi connectivity index (χ4n) is 1.85. The molecule has 0 bridgehead atoms. The Bertz CT molecular complexity index is 763. The molecule has 1 heterocycles. The Hall–Kier alpha value is -2.35. The number of sulfone groups is 1. The third-order valence-corrected chi connectivity index (χ3v) is 4.49. The highest BCUT2D eigenvalue weighted by molar-refractivity contribution is 7.91. The molecule has 122 valence electrons. The molecular weight excluding hydrogens is 326 g/mol. The predicted molar refractivity (Wildman–Crippen MR) is 79.4 cm³/mol. The number of rotatable bonds is 6. The quantitative estimate of drug-likeness (QED) is 0.872. The molecule has 23 heavy (non-hydrogen) atoms. The Kier molecular flexibility index (Phi) is 5.38. The number of amides is 1. The van der Waals surface area contributed by atoms with Gasteiger partial charge in [-0.05, 0) is 35.4 Å². The zero-order valence-electron chi connectivity index (χ0n) is 11.9. The van der Waals surface area contributed by atoms with Crippen molar-refractivity contribution in [2.45, 2.75) is 23.6 Å². The zero-order valence-corrected chi connectivity index (χ0v) is 12.8. The first-order chi connectivity index (χ1) is 10.9. The third kappa shape index (κ3) is 4.56. The van der Waals surface area contributed by atoms with E-state index in [9.17, 15) is 22.0 Å². The average molecular weight is 340 g/mol. The van der Waals surface area contributed by atoms with Crippen LogP contribution in [0.3, 0.4) is 0 Å². The van der Waals surface area contributed by atoms with E-state index in [4.69, 9.17) is 0 Å². The number of carbonyl (C=O) groups excluding carboxylic acids is 1. The lowest BCUT2D eigenvalue weighted by Gasteiger charge is -2.07. The van der Waals surface area contributed by atoms with Crippen LogP contribution in [-0.4, -0.2) is 25.1 Å². The Morgan fingerprint density at radius 3 is 2.22 bits per heavy atom. The molecule has 0 saturated carbocycles. The molecule has 0 aliphatic rings. The van der Waals surface area contributed by atoms with Crippen molar-refractivity contribution >= 4 is 15.7 Å². The van der Waals surface area contributed by atoms with E-state index in [1.54, 1.807) is 24.5 Å². The number of hydrogen-bond donors (Lipinski definition) is 1. The van der Waals surface area contributed by atoms with Crippen molar-refractivity contribution in [3.8, 4) is 0 Å². The first-order valence-electron chi connectivity index (χ1n) is 6.66. The molecule has 2 aromatic rings. The molecule has 1 aromatic carbocycles. The largest absolute Gasteiger partial charge is 0.352 e. The monoisotopic (exact) mass is 340 g/mol. The van der Waals surface area contributed by atoms with Crippen LogP contribution in [0.5, 0.6) is 0 Å². The minimum Gasteiger partial charge on any atom is -0.352 e. The Labute approximate surface area is 132 Å². The van der Waals surface area contributed by atoms with Gasteiger partial charge in [0.05, 0.1) is 11.3 Å². The summed E-state index contributed by atoms with van der Waals surface area (Å²) in [6.45, 7) is 0.346. The van der Waals surface area contributed by atoms with Gasteiger partial charge in [0.2, 0.25) is 15.7 Å². The second kappa shape index (κ2) is 7.28. The Balaban J connectivity index is 1.94. The fraction of sp³-hybridized carbons (Fsp3) is 0.200. The molecule has 1 aromatic heterocycles. The normalized spacial score (nSPS) is 11.4. The number of nitrogens with one attached hydrogen (secondary N) is 1. The number of halogens is 2. The predicted octanol–water partition coefficient (Wildman–Crippen LogP) is 1.94. The summed E-state index contributed by atoms with van der Waals surface area (Å²) in [7, 11) is -4.61. The average Bonchev–Trinajstić information content (AvgIpc) is 2.54. The SMILES string of the molecule is O=C(Cc1ccc(S(=O)(=O)C(F)F)cc1)NCc1ccncc1. The molecule has 1 N–H and O–H groups in total. The summed E-state index contributed by atoms with van der Waals surface area (Å²) in [4.78, 5) is 15.2. The summed E-state index contributed by atoms with van der Waals surface area (Å²) in [5.74, 6) is -3.72.